The van der Waals surface area contributed by atoms with E-state index in [2.05, 4.69) is 33.1 Å². The number of aromatic amines is 1. The van der Waals surface area contributed by atoms with Gasteiger partial charge in [-0.25, -0.2) is 4.98 Å². The molecule has 1 saturated carbocycles. The molecule has 0 amide bonds. The normalized spacial score (nSPS) is 20.0. The Labute approximate surface area is 151 Å². The third kappa shape index (κ3) is 2.42. The summed E-state index contributed by atoms with van der Waals surface area (Å²) in [6, 6.07) is 11.9. The van der Waals surface area contributed by atoms with E-state index in [1.807, 2.05) is 18.3 Å². The number of aromatic nitrogens is 2. The predicted octanol–water partition coefficient (Wildman–Crippen LogP) is 2.87. The van der Waals surface area contributed by atoms with Crippen molar-refractivity contribution in [3.63, 3.8) is 0 Å². The zero-order chi connectivity index (χ0) is 17.7. The summed E-state index contributed by atoms with van der Waals surface area (Å²) in [7, 11) is 0. The first-order valence-corrected chi connectivity index (χ1v) is 9.08. The number of aliphatic hydroxyl groups excluding tert-OH is 1. The van der Waals surface area contributed by atoms with Crippen molar-refractivity contribution in [1.82, 2.24) is 9.97 Å². The molecule has 5 nitrogen and oxygen atoms in total. The number of nitrogens with zero attached hydrogens (tertiary/aromatic N) is 2. The number of hydrogen-bond donors (Lipinski definition) is 2. The summed E-state index contributed by atoms with van der Waals surface area (Å²) in [5.74, 6) is 1.20. The van der Waals surface area contributed by atoms with Crippen LogP contribution in [0.25, 0.3) is 10.8 Å². The van der Waals surface area contributed by atoms with Gasteiger partial charge in [-0.2, -0.15) is 0 Å². The maximum atomic E-state index is 11.9. The fourth-order valence-electron chi connectivity index (χ4n) is 4.62. The van der Waals surface area contributed by atoms with Crippen molar-refractivity contribution in [3.8, 4) is 0 Å². The Bertz CT molecular complexity index is 1010. The summed E-state index contributed by atoms with van der Waals surface area (Å²) in [6.45, 7) is 1.96. The first-order chi connectivity index (χ1) is 12.6. The van der Waals surface area contributed by atoms with Crippen molar-refractivity contribution in [2.45, 2.75) is 18.9 Å². The van der Waals surface area contributed by atoms with Crippen molar-refractivity contribution in [2.75, 3.05) is 18.0 Å². The molecule has 1 unspecified atom stereocenters. The molecule has 3 heterocycles. The van der Waals surface area contributed by atoms with Crippen LogP contribution in [0.15, 0.2) is 59.8 Å². The smallest absolute Gasteiger partial charge is 0.187 e. The lowest BCUT2D eigenvalue weighted by atomic mass is 9.56. The molecule has 2 N–H and O–H groups in total. The van der Waals surface area contributed by atoms with E-state index >= 15 is 0 Å². The van der Waals surface area contributed by atoms with E-state index in [0.29, 0.717) is 5.56 Å². The summed E-state index contributed by atoms with van der Waals surface area (Å²) in [5, 5.41) is 12.9. The van der Waals surface area contributed by atoms with Gasteiger partial charge in [-0.15, -0.1) is 0 Å². The molecular formula is C21H21N3O2. The molecule has 0 bridgehead atoms. The lowest BCUT2D eigenvalue weighted by molar-refractivity contribution is -0.0515. The molecule has 1 atom stereocenters. The van der Waals surface area contributed by atoms with Crippen LogP contribution in [0.4, 0.5) is 5.82 Å². The number of pyridine rings is 2. The Morgan fingerprint density at radius 1 is 1.19 bits per heavy atom. The van der Waals surface area contributed by atoms with Gasteiger partial charge < -0.3 is 15.0 Å². The van der Waals surface area contributed by atoms with E-state index in [9.17, 15) is 9.90 Å². The molecule has 5 heteroatoms. The van der Waals surface area contributed by atoms with Gasteiger partial charge in [0.15, 0.2) is 5.43 Å². The fourth-order valence-corrected chi connectivity index (χ4v) is 4.62. The Morgan fingerprint density at radius 2 is 1.96 bits per heavy atom. The highest BCUT2D eigenvalue weighted by Crippen LogP contribution is 2.56. The molecule has 26 heavy (non-hydrogen) atoms. The first-order valence-electron chi connectivity index (χ1n) is 9.08. The molecule has 132 valence electrons. The molecule has 1 saturated heterocycles. The van der Waals surface area contributed by atoms with Gasteiger partial charge in [-0.05, 0) is 30.2 Å². The standard InChI is InChI=1S/C21H21N3O2/c25-18-5-6-22-11-17(18)20(26)16-8-21(9-16)12-24(13-21)19-7-14-3-1-2-4-15(14)10-23-19/h1-7,10-11,16,20,26H,8-9,12-13H2,(H,22,25). The molecule has 3 aromatic rings. The molecule has 1 aromatic carbocycles. The molecule has 2 aromatic heterocycles. The molecule has 1 aliphatic heterocycles. The molecule has 2 fully saturated rings. The number of anilines is 1. The summed E-state index contributed by atoms with van der Waals surface area (Å²) < 4.78 is 0. The molecule has 0 radical (unpaired) electrons. The zero-order valence-corrected chi connectivity index (χ0v) is 14.4. The molecule has 5 rings (SSSR count). The van der Waals surface area contributed by atoms with Crippen molar-refractivity contribution in [2.24, 2.45) is 11.3 Å². The highest BCUT2D eigenvalue weighted by molar-refractivity contribution is 5.84. The average Bonchev–Trinajstić information content (AvgIpc) is 2.59. The summed E-state index contributed by atoms with van der Waals surface area (Å²) in [6.07, 6.45) is 6.42. The maximum Gasteiger partial charge on any atom is 0.187 e. The van der Waals surface area contributed by atoms with Gasteiger partial charge in [-0.1, -0.05) is 24.3 Å². The minimum absolute atomic E-state index is 0.0900. The number of fused-ring (bicyclic) bond motifs is 1. The van der Waals surface area contributed by atoms with E-state index in [1.165, 1.54) is 11.5 Å². The molecule has 2 aliphatic rings. The minimum atomic E-state index is -0.668. The summed E-state index contributed by atoms with van der Waals surface area (Å²) >= 11 is 0. The van der Waals surface area contributed by atoms with Crippen LogP contribution < -0.4 is 10.3 Å². The lowest BCUT2D eigenvalue weighted by Gasteiger charge is -2.60. The summed E-state index contributed by atoms with van der Waals surface area (Å²) in [5.41, 5.74) is 0.674. The van der Waals surface area contributed by atoms with Crippen molar-refractivity contribution < 1.29 is 5.11 Å². The predicted molar refractivity (Wildman–Crippen MR) is 101 cm³/mol. The highest BCUT2D eigenvalue weighted by Gasteiger charge is 2.54. The zero-order valence-electron chi connectivity index (χ0n) is 14.4. The van der Waals surface area contributed by atoms with Crippen molar-refractivity contribution >= 4 is 16.6 Å². The third-order valence-electron chi connectivity index (χ3n) is 6.00. The van der Waals surface area contributed by atoms with Gasteiger partial charge in [0.05, 0.1) is 6.10 Å². The number of benzene rings is 1. The second kappa shape index (κ2) is 5.68. The van der Waals surface area contributed by atoms with Crippen molar-refractivity contribution in [1.29, 1.82) is 0 Å². The van der Waals surface area contributed by atoms with Crippen LogP contribution in [0, 0.1) is 11.3 Å². The number of H-pyrrole nitrogens is 1. The van der Waals surface area contributed by atoms with Crippen LogP contribution in [0.2, 0.25) is 0 Å². The molecule has 1 aliphatic carbocycles. The average molecular weight is 347 g/mol. The number of aliphatic hydroxyl groups is 1. The van der Waals surface area contributed by atoms with Crippen LogP contribution in [0.1, 0.15) is 24.5 Å². The maximum absolute atomic E-state index is 11.9. The van der Waals surface area contributed by atoms with Gasteiger partial charge in [0.2, 0.25) is 0 Å². The van der Waals surface area contributed by atoms with Gasteiger partial charge in [-0.3, -0.25) is 4.79 Å². The minimum Gasteiger partial charge on any atom is -0.388 e. The number of hydrogen-bond acceptors (Lipinski definition) is 4. The van der Waals surface area contributed by atoms with Crippen LogP contribution in [-0.4, -0.2) is 28.2 Å². The Hall–Kier alpha value is -2.66. The second-order valence-corrected chi connectivity index (χ2v) is 7.82. The van der Waals surface area contributed by atoms with Crippen LogP contribution in [-0.2, 0) is 0 Å². The Balaban J connectivity index is 1.25. The lowest BCUT2D eigenvalue weighted by Crippen LogP contribution is -2.63. The van der Waals surface area contributed by atoms with Crippen LogP contribution in [0.3, 0.4) is 0 Å². The first kappa shape index (κ1) is 15.6. The third-order valence-corrected chi connectivity index (χ3v) is 6.00. The summed E-state index contributed by atoms with van der Waals surface area (Å²) in [4.78, 5) is 21.7. The van der Waals surface area contributed by atoms with E-state index in [-0.39, 0.29) is 16.8 Å². The quantitative estimate of drug-likeness (QED) is 0.764. The van der Waals surface area contributed by atoms with Crippen LogP contribution in [0.5, 0.6) is 0 Å². The van der Waals surface area contributed by atoms with Gasteiger partial charge in [0.25, 0.3) is 0 Å². The Kier molecular flexibility index (Phi) is 3.40. The van der Waals surface area contributed by atoms with E-state index < -0.39 is 6.10 Å². The largest absolute Gasteiger partial charge is 0.388 e. The fraction of sp³-hybridized carbons (Fsp3) is 0.333. The van der Waals surface area contributed by atoms with E-state index in [0.717, 1.165) is 37.1 Å². The monoisotopic (exact) mass is 347 g/mol. The van der Waals surface area contributed by atoms with E-state index in [1.54, 1.807) is 12.4 Å². The van der Waals surface area contributed by atoms with Gasteiger partial charge in [0.1, 0.15) is 5.82 Å². The van der Waals surface area contributed by atoms with Gasteiger partial charge in [0, 0.05) is 54.1 Å². The molecular weight excluding hydrogens is 326 g/mol. The van der Waals surface area contributed by atoms with E-state index in [4.69, 9.17) is 0 Å². The van der Waals surface area contributed by atoms with Crippen LogP contribution >= 0.6 is 0 Å². The SMILES string of the molecule is O=c1cc[nH]cc1C(O)C1CC2(C1)CN(c1cc3ccccc3cn1)C2. The second-order valence-electron chi connectivity index (χ2n) is 7.82. The topological polar surface area (TPSA) is 69.2 Å². The number of nitrogens with one attached hydrogen (secondary N) is 1. The van der Waals surface area contributed by atoms with Crippen molar-refractivity contribution in [3.05, 3.63) is 70.8 Å². The molecule has 1 spiro atoms. The van der Waals surface area contributed by atoms with Gasteiger partial charge >= 0.3 is 0 Å². The number of rotatable bonds is 3. The Morgan fingerprint density at radius 3 is 2.73 bits per heavy atom. The highest BCUT2D eigenvalue weighted by atomic mass is 16.3.